The predicted octanol–water partition coefficient (Wildman–Crippen LogP) is 4.51. The van der Waals surface area contributed by atoms with Crippen molar-refractivity contribution in [3.05, 3.63) is 70.7 Å². The highest BCUT2D eigenvalue weighted by atomic mass is 79.9. The molecule has 0 saturated heterocycles. The molecule has 0 fully saturated rings. The van der Waals surface area contributed by atoms with Crippen LogP contribution in [0.5, 0.6) is 0 Å². The summed E-state index contributed by atoms with van der Waals surface area (Å²) in [4.78, 5) is 0. The molecule has 0 aliphatic carbocycles. The van der Waals surface area contributed by atoms with Crippen molar-refractivity contribution in [2.24, 2.45) is 0 Å². The third-order valence-electron chi connectivity index (χ3n) is 3.32. The molecule has 1 heterocycles. The van der Waals surface area contributed by atoms with E-state index in [1.54, 1.807) is 16.9 Å². The molecule has 1 aromatic heterocycles. The van der Waals surface area contributed by atoms with Crippen molar-refractivity contribution in [3.8, 4) is 22.9 Å². The van der Waals surface area contributed by atoms with Gasteiger partial charge < -0.3 is 0 Å². The Bertz CT molecular complexity index is 847. The summed E-state index contributed by atoms with van der Waals surface area (Å²) in [6, 6.07) is 16.3. The minimum atomic E-state index is -0.252. The Kier molecular flexibility index (Phi) is 4.03. The van der Waals surface area contributed by atoms with E-state index in [9.17, 15) is 4.39 Å². The molecule has 0 saturated carbocycles. The van der Waals surface area contributed by atoms with Gasteiger partial charge in [-0.1, -0.05) is 24.3 Å². The molecule has 0 spiro atoms. The molecule has 5 heteroatoms. The van der Waals surface area contributed by atoms with E-state index >= 15 is 0 Å². The van der Waals surface area contributed by atoms with Crippen molar-refractivity contribution in [2.75, 3.05) is 0 Å². The lowest BCUT2D eigenvalue weighted by molar-refractivity contribution is 0.628. The minimum absolute atomic E-state index is 0.252. The van der Waals surface area contributed by atoms with Crippen molar-refractivity contribution in [1.82, 2.24) is 9.78 Å². The van der Waals surface area contributed by atoms with Gasteiger partial charge in [-0.3, -0.25) is 0 Å². The topological polar surface area (TPSA) is 41.6 Å². The van der Waals surface area contributed by atoms with Crippen molar-refractivity contribution in [1.29, 1.82) is 5.26 Å². The summed E-state index contributed by atoms with van der Waals surface area (Å²) in [7, 11) is 0. The SMILES string of the molecule is N#CCc1cnn(-c2ccc(-c3cccc(F)c3)cc2)c1Br. The highest BCUT2D eigenvalue weighted by molar-refractivity contribution is 9.10. The van der Waals surface area contributed by atoms with Crippen LogP contribution < -0.4 is 0 Å². The van der Waals surface area contributed by atoms with Crippen molar-refractivity contribution < 1.29 is 4.39 Å². The van der Waals surface area contributed by atoms with Gasteiger partial charge in [-0.15, -0.1) is 0 Å². The molecule has 22 heavy (non-hydrogen) atoms. The Morgan fingerprint density at radius 2 is 1.91 bits per heavy atom. The second-order valence-electron chi connectivity index (χ2n) is 4.76. The monoisotopic (exact) mass is 355 g/mol. The van der Waals surface area contributed by atoms with Crippen LogP contribution >= 0.6 is 15.9 Å². The predicted molar refractivity (Wildman–Crippen MR) is 86.0 cm³/mol. The van der Waals surface area contributed by atoms with Crippen LogP contribution in [0.3, 0.4) is 0 Å². The molecule has 0 bridgehead atoms. The molecule has 3 rings (SSSR count). The van der Waals surface area contributed by atoms with E-state index in [1.165, 1.54) is 12.1 Å². The number of nitrogens with zero attached hydrogens (tertiary/aromatic N) is 3. The Balaban J connectivity index is 1.93. The maximum atomic E-state index is 13.3. The third-order valence-corrected chi connectivity index (χ3v) is 4.16. The van der Waals surface area contributed by atoms with Gasteiger partial charge in [-0.25, -0.2) is 9.07 Å². The van der Waals surface area contributed by atoms with Crippen LogP contribution in [-0.4, -0.2) is 9.78 Å². The molecule has 0 aliphatic rings. The van der Waals surface area contributed by atoms with E-state index in [0.717, 1.165) is 27.0 Å². The van der Waals surface area contributed by atoms with E-state index in [1.807, 2.05) is 30.3 Å². The lowest BCUT2D eigenvalue weighted by Gasteiger charge is -2.06. The van der Waals surface area contributed by atoms with Gasteiger partial charge in [-0.05, 0) is 51.3 Å². The van der Waals surface area contributed by atoms with Gasteiger partial charge in [0.2, 0.25) is 0 Å². The van der Waals surface area contributed by atoms with E-state index in [-0.39, 0.29) is 5.82 Å². The zero-order chi connectivity index (χ0) is 15.5. The highest BCUT2D eigenvalue weighted by Gasteiger charge is 2.09. The van der Waals surface area contributed by atoms with Gasteiger partial charge >= 0.3 is 0 Å². The van der Waals surface area contributed by atoms with Crippen molar-refractivity contribution in [3.63, 3.8) is 0 Å². The molecule has 0 atom stereocenters. The zero-order valence-electron chi connectivity index (χ0n) is 11.5. The van der Waals surface area contributed by atoms with Crippen LogP contribution in [0.1, 0.15) is 5.56 Å². The zero-order valence-corrected chi connectivity index (χ0v) is 13.1. The lowest BCUT2D eigenvalue weighted by atomic mass is 10.1. The maximum absolute atomic E-state index is 13.3. The molecule has 0 amide bonds. The molecular formula is C17H11BrFN3. The number of rotatable bonds is 3. The Labute approximate surface area is 135 Å². The van der Waals surface area contributed by atoms with Gasteiger partial charge in [0.05, 0.1) is 24.4 Å². The minimum Gasteiger partial charge on any atom is -0.226 e. The van der Waals surface area contributed by atoms with Gasteiger partial charge in [0.1, 0.15) is 10.4 Å². The first kappa shape index (κ1) is 14.5. The van der Waals surface area contributed by atoms with Gasteiger partial charge in [0.15, 0.2) is 0 Å². The van der Waals surface area contributed by atoms with E-state index in [2.05, 4.69) is 27.1 Å². The van der Waals surface area contributed by atoms with Crippen LogP contribution in [0.2, 0.25) is 0 Å². The van der Waals surface area contributed by atoms with Gasteiger partial charge in [0, 0.05) is 5.56 Å². The average molecular weight is 356 g/mol. The number of benzene rings is 2. The summed E-state index contributed by atoms with van der Waals surface area (Å²) in [6.45, 7) is 0. The number of nitriles is 1. The van der Waals surface area contributed by atoms with Gasteiger partial charge in [-0.2, -0.15) is 10.4 Å². The number of halogens is 2. The first-order valence-electron chi connectivity index (χ1n) is 6.65. The largest absolute Gasteiger partial charge is 0.226 e. The fourth-order valence-electron chi connectivity index (χ4n) is 2.21. The molecular weight excluding hydrogens is 345 g/mol. The second-order valence-corrected chi connectivity index (χ2v) is 5.52. The second kappa shape index (κ2) is 6.12. The molecule has 0 radical (unpaired) electrons. The number of hydrogen-bond donors (Lipinski definition) is 0. The normalized spacial score (nSPS) is 10.4. The number of aromatic nitrogens is 2. The summed E-state index contributed by atoms with van der Waals surface area (Å²) in [6.07, 6.45) is 1.98. The van der Waals surface area contributed by atoms with Crippen LogP contribution in [0.25, 0.3) is 16.8 Å². The highest BCUT2D eigenvalue weighted by Crippen LogP contribution is 2.24. The summed E-state index contributed by atoms with van der Waals surface area (Å²) in [5, 5.41) is 13.1. The quantitative estimate of drug-likeness (QED) is 0.693. The van der Waals surface area contributed by atoms with Gasteiger partial charge in [0.25, 0.3) is 0 Å². The molecule has 3 nitrogen and oxygen atoms in total. The van der Waals surface area contributed by atoms with E-state index in [0.29, 0.717) is 6.42 Å². The van der Waals surface area contributed by atoms with Crippen LogP contribution in [-0.2, 0) is 6.42 Å². The maximum Gasteiger partial charge on any atom is 0.123 e. The van der Waals surface area contributed by atoms with E-state index < -0.39 is 0 Å². The smallest absolute Gasteiger partial charge is 0.123 e. The summed E-state index contributed by atoms with van der Waals surface area (Å²) >= 11 is 3.46. The van der Waals surface area contributed by atoms with E-state index in [4.69, 9.17) is 5.26 Å². The fourth-order valence-corrected chi connectivity index (χ4v) is 2.75. The number of hydrogen-bond acceptors (Lipinski definition) is 2. The van der Waals surface area contributed by atoms with Crippen LogP contribution in [0.15, 0.2) is 59.3 Å². The Hall–Kier alpha value is -2.45. The third kappa shape index (κ3) is 2.78. The Morgan fingerprint density at radius 1 is 1.14 bits per heavy atom. The van der Waals surface area contributed by atoms with Crippen LogP contribution in [0, 0.1) is 17.1 Å². The van der Waals surface area contributed by atoms with Crippen molar-refractivity contribution in [2.45, 2.75) is 6.42 Å². The Morgan fingerprint density at radius 3 is 2.59 bits per heavy atom. The first-order valence-corrected chi connectivity index (χ1v) is 7.44. The average Bonchev–Trinajstić information content (AvgIpc) is 2.89. The molecule has 108 valence electrons. The summed E-state index contributed by atoms with van der Waals surface area (Å²) in [5.41, 5.74) is 3.48. The molecule has 2 aromatic carbocycles. The fraction of sp³-hybridized carbons (Fsp3) is 0.0588. The molecule has 0 unspecified atom stereocenters. The lowest BCUT2D eigenvalue weighted by Crippen LogP contribution is -1.96. The van der Waals surface area contributed by atoms with Crippen LogP contribution in [0.4, 0.5) is 4.39 Å². The molecule has 0 aliphatic heterocycles. The molecule has 3 aromatic rings. The first-order chi connectivity index (χ1) is 10.7. The van der Waals surface area contributed by atoms with Crippen molar-refractivity contribution >= 4 is 15.9 Å². The molecule has 0 N–H and O–H groups in total. The summed E-state index contributed by atoms with van der Waals surface area (Å²) in [5.74, 6) is -0.252. The summed E-state index contributed by atoms with van der Waals surface area (Å²) < 4.78 is 15.8. The standard InChI is InChI=1S/C17H11BrFN3/c18-17-14(8-9-20)11-21-22(17)16-6-4-12(5-7-16)13-2-1-3-15(19)10-13/h1-7,10-11H,8H2.